The van der Waals surface area contributed by atoms with Crippen molar-refractivity contribution in [2.75, 3.05) is 19.6 Å². The summed E-state index contributed by atoms with van der Waals surface area (Å²) in [5.74, 6) is 1.03. The third kappa shape index (κ3) is 9.10. The molecule has 2 aliphatic rings. The van der Waals surface area contributed by atoms with Gasteiger partial charge >= 0.3 is 12.3 Å². The van der Waals surface area contributed by atoms with Crippen molar-refractivity contribution in [3.05, 3.63) is 17.5 Å². The second kappa shape index (κ2) is 11.0. The van der Waals surface area contributed by atoms with Gasteiger partial charge in [-0.15, -0.1) is 0 Å². The first-order valence-corrected chi connectivity index (χ1v) is 12.1. The number of ether oxygens (including phenoxy) is 1. The van der Waals surface area contributed by atoms with Crippen LogP contribution in [0.3, 0.4) is 0 Å². The van der Waals surface area contributed by atoms with Gasteiger partial charge in [0.2, 0.25) is 0 Å². The molecule has 0 aromatic carbocycles. The Balaban J connectivity index is 1.35. The molecule has 1 amide bonds. The molecule has 9 heteroatoms. The van der Waals surface area contributed by atoms with E-state index in [4.69, 9.17) is 4.74 Å². The smallest absolute Gasteiger partial charge is 0.433 e. The number of fused-ring (bicyclic) bond motifs is 1. The van der Waals surface area contributed by atoms with Crippen molar-refractivity contribution < 1.29 is 22.7 Å². The average molecular weight is 471 g/mol. The third-order valence-corrected chi connectivity index (χ3v) is 6.44. The van der Waals surface area contributed by atoms with E-state index in [0.29, 0.717) is 11.8 Å². The Bertz CT molecular complexity index is 780. The molecule has 6 nitrogen and oxygen atoms in total. The van der Waals surface area contributed by atoms with Crippen molar-refractivity contribution in [2.45, 2.75) is 90.5 Å². The molecule has 186 valence electrons. The lowest BCUT2D eigenvalue weighted by Gasteiger charge is -2.28. The van der Waals surface area contributed by atoms with Gasteiger partial charge in [0.05, 0.1) is 12.1 Å². The van der Waals surface area contributed by atoms with E-state index < -0.39 is 24.3 Å². The van der Waals surface area contributed by atoms with E-state index in [1.807, 2.05) is 20.8 Å². The minimum absolute atomic E-state index is 0.106. The fourth-order valence-corrected chi connectivity index (χ4v) is 4.60. The zero-order valence-electron chi connectivity index (χ0n) is 20.0. The Hall–Kier alpha value is -1.90. The lowest BCUT2D eigenvalue weighted by molar-refractivity contribution is -0.137. The van der Waals surface area contributed by atoms with E-state index in [1.165, 1.54) is 4.68 Å². The number of carbonyl (C=O) groups is 1. The number of aryl methyl sites for hydroxylation is 1. The SMILES string of the molecule is CC(C)(C)OC(=O)N=CC1CCC(CCN2CCc3cn(CCC(F)(F)F)nc3CC2)CC1. The Labute approximate surface area is 194 Å². The summed E-state index contributed by atoms with van der Waals surface area (Å²) in [4.78, 5) is 18.2. The van der Waals surface area contributed by atoms with Crippen LogP contribution in [0.4, 0.5) is 18.0 Å². The summed E-state index contributed by atoms with van der Waals surface area (Å²) in [7, 11) is 0. The van der Waals surface area contributed by atoms with Gasteiger partial charge in [0.25, 0.3) is 0 Å². The van der Waals surface area contributed by atoms with Crippen LogP contribution in [-0.2, 0) is 24.1 Å². The second-order valence-corrected chi connectivity index (χ2v) is 10.4. The monoisotopic (exact) mass is 470 g/mol. The van der Waals surface area contributed by atoms with E-state index in [9.17, 15) is 18.0 Å². The number of aromatic nitrogens is 2. The number of aliphatic imine (C=N–C) groups is 1. The Morgan fingerprint density at radius 3 is 2.52 bits per heavy atom. The zero-order chi connectivity index (χ0) is 24.1. The van der Waals surface area contributed by atoms with Crippen molar-refractivity contribution in [1.29, 1.82) is 0 Å². The van der Waals surface area contributed by atoms with Crippen molar-refractivity contribution >= 4 is 12.3 Å². The second-order valence-electron chi connectivity index (χ2n) is 10.4. The van der Waals surface area contributed by atoms with Gasteiger partial charge in [-0.25, -0.2) is 4.79 Å². The van der Waals surface area contributed by atoms with Gasteiger partial charge < -0.3 is 9.64 Å². The van der Waals surface area contributed by atoms with Crippen LogP contribution < -0.4 is 0 Å². The van der Waals surface area contributed by atoms with Gasteiger partial charge in [0.15, 0.2) is 0 Å². The van der Waals surface area contributed by atoms with Crippen LogP contribution in [0.2, 0.25) is 0 Å². The van der Waals surface area contributed by atoms with Crippen LogP contribution in [0.5, 0.6) is 0 Å². The van der Waals surface area contributed by atoms with Gasteiger partial charge in [0.1, 0.15) is 5.60 Å². The molecule has 0 N–H and O–H groups in total. The predicted octanol–water partition coefficient (Wildman–Crippen LogP) is 5.44. The Morgan fingerprint density at radius 2 is 1.85 bits per heavy atom. The predicted molar refractivity (Wildman–Crippen MR) is 122 cm³/mol. The number of carbonyl (C=O) groups excluding carboxylic acids is 1. The van der Waals surface area contributed by atoms with Crippen LogP contribution in [0, 0.1) is 11.8 Å². The van der Waals surface area contributed by atoms with E-state index in [2.05, 4.69) is 15.0 Å². The fraction of sp³-hybridized carbons (Fsp3) is 0.792. The number of amides is 1. The van der Waals surface area contributed by atoms with E-state index in [1.54, 1.807) is 12.4 Å². The molecular formula is C24H37F3N4O2. The highest BCUT2D eigenvalue weighted by atomic mass is 19.4. The van der Waals surface area contributed by atoms with Gasteiger partial charge in [0, 0.05) is 38.5 Å². The van der Waals surface area contributed by atoms with E-state index in [0.717, 1.165) is 75.8 Å². The molecule has 3 rings (SSSR count). The molecule has 2 heterocycles. The first-order valence-electron chi connectivity index (χ1n) is 12.1. The molecule has 33 heavy (non-hydrogen) atoms. The highest BCUT2D eigenvalue weighted by Gasteiger charge is 2.27. The number of nitrogens with zero attached hydrogens (tertiary/aromatic N) is 4. The molecule has 0 bridgehead atoms. The number of hydrogen-bond donors (Lipinski definition) is 0. The summed E-state index contributed by atoms with van der Waals surface area (Å²) in [5.41, 5.74) is 1.52. The van der Waals surface area contributed by atoms with Crippen LogP contribution in [0.25, 0.3) is 0 Å². The minimum Gasteiger partial charge on any atom is -0.442 e. The van der Waals surface area contributed by atoms with E-state index in [-0.39, 0.29) is 6.54 Å². The quantitative estimate of drug-likeness (QED) is 0.520. The molecule has 1 aliphatic carbocycles. The maximum absolute atomic E-state index is 12.5. The molecule has 0 saturated heterocycles. The van der Waals surface area contributed by atoms with Crippen LogP contribution >= 0.6 is 0 Å². The minimum atomic E-state index is -4.15. The lowest BCUT2D eigenvalue weighted by atomic mass is 9.81. The van der Waals surface area contributed by atoms with Crippen LogP contribution in [0.15, 0.2) is 11.2 Å². The summed E-state index contributed by atoms with van der Waals surface area (Å²) in [6.45, 7) is 8.27. The summed E-state index contributed by atoms with van der Waals surface area (Å²) < 4.78 is 44.0. The molecule has 1 saturated carbocycles. The molecule has 0 radical (unpaired) electrons. The van der Waals surface area contributed by atoms with Crippen LogP contribution in [0.1, 0.15) is 70.6 Å². The Morgan fingerprint density at radius 1 is 1.15 bits per heavy atom. The number of rotatable bonds is 6. The van der Waals surface area contributed by atoms with Crippen LogP contribution in [-0.4, -0.2) is 58.4 Å². The number of alkyl halides is 3. The summed E-state index contributed by atoms with van der Waals surface area (Å²) in [5, 5.41) is 4.40. The molecule has 0 spiro atoms. The molecule has 1 aliphatic heterocycles. The van der Waals surface area contributed by atoms with Gasteiger partial charge in [-0.1, -0.05) is 0 Å². The Kier molecular flexibility index (Phi) is 8.59. The van der Waals surface area contributed by atoms with Crippen molar-refractivity contribution in [3.8, 4) is 0 Å². The largest absolute Gasteiger partial charge is 0.442 e. The van der Waals surface area contributed by atoms with Gasteiger partial charge in [-0.05, 0) is 83.2 Å². The van der Waals surface area contributed by atoms with Crippen molar-refractivity contribution in [3.63, 3.8) is 0 Å². The van der Waals surface area contributed by atoms with Crippen molar-refractivity contribution in [2.24, 2.45) is 16.8 Å². The number of hydrogen-bond acceptors (Lipinski definition) is 4. The maximum atomic E-state index is 12.5. The summed E-state index contributed by atoms with van der Waals surface area (Å²) in [6.07, 6.45) is 5.24. The molecule has 0 unspecified atom stereocenters. The molecule has 1 aromatic rings. The zero-order valence-corrected chi connectivity index (χ0v) is 20.0. The number of halogens is 3. The lowest BCUT2D eigenvalue weighted by Crippen LogP contribution is -2.30. The molecule has 1 aromatic heterocycles. The van der Waals surface area contributed by atoms with Crippen molar-refractivity contribution in [1.82, 2.24) is 14.7 Å². The highest BCUT2D eigenvalue weighted by Crippen LogP contribution is 2.30. The maximum Gasteiger partial charge on any atom is 0.433 e. The fourth-order valence-electron chi connectivity index (χ4n) is 4.60. The normalized spacial score (nSPS) is 22.8. The summed E-state index contributed by atoms with van der Waals surface area (Å²) >= 11 is 0. The highest BCUT2D eigenvalue weighted by molar-refractivity contribution is 5.80. The molecule has 1 fully saturated rings. The van der Waals surface area contributed by atoms with Gasteiger partial charge in [-0.3, -0.25) is 4.68 Å². The standard InChI is InChI=1S/C24H37F3N4O2/c1-23(2,3)33-22(32)28-16-19-6-4-18(5-7-19)8-12-30-13-9-20-17-31(15-11-24(25,26)27)29-21(20)10-14-30/h16-19H,4-15H2,1-3H3. The summed E-state index contributed by atoms with van der Waals surface area (Å²) in [6, 6.07) is 0. The first kappa shape index (κ1) is 25.7. The molecular weight excluding hydrogens is 433 g/mol. The topological polar surface area (TPSA) is 59.7 Å². The van der Waals surface area contributed by atoms with E-state index >= 15 is 0 Å². The van der Waals surface area contributed by atoms with Gasteiger partial charge in [-0.2, -0.15) is 23.3 Å². The average Bonchev–Trinajstić information content (AvgIpc) is 3.02. The third-order valence-electron chi connectivity index (χ3n) is 6.44. The molecule has 0 atom stereocenters. The first-order chi connectivity index (χ1) is 15.5.